The van der Waals surface area contributed by atoms with Crippen LogP contribution in [0.2, 0.25) is 0 Å². The maximum atomic E-state index is 11.7. The zero-order chi connectivity index (χ0) is 16.5. The number of aliphatic hydroxyl groups is 1. The molecule has 5 nitrogen and oxygen atoms in total. The van der Waals surface area contributed by atoms with Crippen molar-refractivity contribution in [3.05, 3.63) is 0 Å². The summed E-state index contributed by atoms with van der Waals surface area (Å²) in [6, 6.07) is 0. The molecule has 0 spiro atoms. The second-order valence-electron chi connectivity index (χ2n) is 8.05. The summed E-state index contributed by atoms with van der Waals surface area (Å²) in [6.45, 7) is 10.8. The maximum Gasteiger partial charge on any atom is 0.309 e. The quantitative estimate of drug-likeness (QED) is 0.808. The Labute approximate surface area is 127 Å². The van der Waals surface area contributed by atoms with Gasteiger partial charge in [-0.15, -0.1) is 0 Å². The van der Waals surface area contributed by atoms with Gasteiger partial charge in [0, 0.05) is 6.42 Å². The number of esters is 2. The highest BCUT2D eigenvalue weighted by Gasteiger charge is 2.45. The molecule has 1 saturated carbocycles. The zero-order valence-corrected chi connectivity index (χ0v) is 14.0. The number of carbonyl (C=O) groups is 2. The minimum absolute atomic E-state index is 0.0188. The minimum Gasteiger partial charge on any atom is -0.460 e. The second-order valence-corrected chi connectivity index (χ2v) is 8.05. The third-order valence-electron chi connectivity index (χ3n) is 3.11. The van der Waals surface area contributed by atoms with E-state index >= 15 is 0 Å². The van der Waals surface area contributed by atoms with Crippen molar-refractivity contribution >= 4 is 11.9 Å². The molecule has 0 heterocycles. The predicted octanol–water partition coefficient (Wildman–Crippen LogP) is 2.59. The van der Waals surface area contributed by atoms with Gasteiger partial charge >= 0.3 is 11.9 Å². The van der Waals surface area contributed by atoms with Gasteiger partial charge in [-0.1, -0.05) is 0 Å². The van der Waals surface area contributed by atoms with Gasteiger partial charge in [0.15, 0.2) is 0 Å². The molecule has 0 aliphatic heterocycles. The van der Waals surface area contributed by atoms with Crippen molar-refractivity contribution in [3.8, 4) is 0 Å². The lowest BCUT2D eigenvalue weighted by molar-refractivity contribution is -0.169. The van der Waals surface area contributed by atoms with Gasteiger partial charge < -0.3 is 14.6 Å². The second kappa shape index (κ2) is 5.95. The van der Waals surface area contributed by atoms with E-state index in [1.165, 1.54) is 0 Å². The van der Waals surface area contributed by atoms with Crippen molar-refractivity contribution in [2.75, 3.05) is 0 Å². The highest BCUT2D eigenvalue weighted by Crippen LogP contribution is 2.42. The van der Waals surface area contributed by atoms with E-state index in [0.29, 0.717) is 12.8 Å². The van der Waals surface area contributed by atoms with E-state index in [0.717, 1.165) is 0 Å². The molecule has 0 aromatic rings. The Hall–Kier alpha value is -1.10. The van der Waals surface area contributed by atoms with Crippen molar-refractivity contribution in [3.63, 3.8) is 0 Å². The van der Waals surface area contributed by atoms with Gasteiger partial charge in [-0.25, -0.2) is 0 Å². The Kier molecular flexibility index (Phi) is 5.09. The molecule has 0 unspecified atom stereocenters. The first kappa shape index (κ1) is 18.0. The Bertz CT molecular complexity index is 394. The molecular weight excluding hydrogens is 272 g/mol. The molecule has 1 aliphatic carbocycles. The fraction of sp³-hybridized carbons (Fsp3) is 0.875. The van der Waals surface area contributed by atoms with E-state index in [1.54, 1.807) is 20.8 Å². The number of carbonyl (C=O) groups excluding carboxylic acids is 2. The van der Waals surface area contributed by atoms with Crippen LogP contribution in [0.4, 0.5) is 0 Å². The largest absolute Gasteiger partial charge is 0.460 e. The Morgan fingerprint density at radius 2 is 1.43 bits per heavy atom. The fourth-order valence-electron chi connectivity index (χ4n) is 2.57. The summed E-state index contributed by atoms with van der Waals surface area (Å²) in [5.41, 5.74) is -2.07. The molecule has 0 atom stereocenters. The zero-order valence-electron chi connectivity index (χ0n) is 14.0. The van der Waals surface area contributed by atoms with Gasteiger partial charge in [0.05, 0.1) is 12.0 Å². The number of ether oxygens (including phenoxy) is 2. The Morgan fingerprint density at radius 3 is 1.86 bits per heavy atom. The molecule has 5 heteroatoms. The van der Waals surface area contributed by atoms with Crippen molar-refractivity contribution in [2.24, 2.45) is 5.92 Å². The van der Waals surface area contributed by atoms with E-state index in [2.05, 4.69) is 0 Å². The molecule has 1 N–H and O–H groups in total. The maximum absolute atomic E-state index is 11.7. The van der Waals surface area contributed by atoms with E-state index < -0.39 is 22.8 Å². The summed E-state index contributed by atoms with van der Waals surface area (Å²) in [5.74, 6) is -0.583. The van der Waals surface area contributed by atoms with Crippen molar-refractivity contribution < 1.29 is 24.2 Å². The Balaban J connectivity index is 2.34. The number of rotatable bonds is 4. The number of hydrogen-bond donors (Lipinski definition) is 1. The summed E-state index contributed by atoms with van der Waals surface area (Å²) >= 11 is 0. The van der Waals surface area contributed by atoms with Crippen LogP contribution in [0.3, 0.4) is 0 Å². The highest BCUT2D eigenvalue weighted by atomic mass is 16.6. The van der Waals surface area contributed by atoms with Crippen LogP contribution in [0, 0.1) is 5.92 Å². The summed E-state index contributed by atoms with van der Waals surface area (Å²) in [7, 11) is 0. The molecule has 0 amide bonds. The first-order chi connectivity index (χ1) is 9.28. The Morgan fingerprint density at radius 1 is 1.00 bits per heavy atom. The van der Waals surface area contributed by atoms with Gasteiger partial charge in [0.2, 0.25) is 0 Å². The van der Waals surface area contributed by atoms with Crippen molar-refractivity contribution in [1.82, 2.24) is 0 Å². The van der Waals surface area contributed by atoms with E-state index in [9.17, 15) is 14.7 Å². The molecule has 1 rings (SSSR count). The van der Waals surface area contributed by atoms with Crippen LogP contribution < -0.4 is 0 Å². The van der Waals surface area contributed by atoms with Crippen LogP contribution in [0.15, 0.2) is 0 Å². The molecule has 1 fully saturated rings. The normalized spacial score (nSPS) is 26.0. The summed E-state index contributed by atoms with van der Waals surface area (Å²) in [5, 5.41) is 10.2. The van der Waals surface area contributed by atoms with Gasteiger partial charge in [-0.05, 0) is 60.3 Å². The fourth-order valence-corrected chi connectivity index (χ4v) is 2.57. The average Bonchev–Trinajstić information content (AvgIpc) is 2.06. The number of hydrogen-bond acceptors (Lipinski definition) is 5. The molecule has 1 aliphatic rings. The van der Waals surface area contributed by atoms with Crippen LogP contribution in [-0.4, -0.2) is 33.8 Å². The molecule has 0 saturated heterocycles. The van der Waals surface area contributed by atoms with Crippen LogP contribution >= 0.6 is 0 Å². The van der Waals surface area contributed by atoms with E-state index in [4.69, 9.17) is 9.47 Å². The van der Waals surface area contributed by atoms with Crippen LogP contribution in [-0.2, 0) is 19.1 Å². The standard InChI is InChI=1S/C16H28O5/c1-14(2,3)20-12(17)7-11-8-16(19,9-11)10-13(18)21-15(4,5)6/h11,19H,7-10H2,1-6H3. The average molecular weight is 300 g/mol. The molecular formula is C16H28O5. The monoisotopic (exact) mass is 300 g/mol. The topological polar surface area (TPSA) is 72.8 Å². The SMILES string of the molecule is CC(C)(C)OC(=O)CC1CC(O)(CC(=O)OC(C)(C)C)C1. The summed E-state index contributed by atoms with van der Waals surface area (Å²) in [4.78, 5) is 23.4. The van der Waals surface area contributed by atoms with Crippen LogP contribution in [0.25, 0.3) is 0 Å². The minimum atomic E-state index is -1.03. The van der Waals surface area contributed by atoms with Crippen molar-refractivity contribution in [2.45, 2.75) is 84.0 Å². The third-order valence-corrected chi connectivity index (χ3v) is 3.11. The predicted molar refractivity (Wildman–Crippen MR) is 78.6 cm³/mol. The van der Waals surface area contributed by atoms with Crippen LogP contribution in [0.5, 0.6) is 0 Å². The highest BCUT2D eigenvalue weighted by molar-refractivity contribution is 5.72. The van der Waals surface area contributed by atoms with Crippen LogP contribution in [0.1, 0.15) is 67.2 Å². The molecule has 122 valence electrons. The molecule has 0 radical (unpaired) electrons. The van der Waals surface area contributed by atoms with Gasteiger partial charge in [0.25, 0.3) is 0 Å². The molecule has 0 aromatic carbocycles. The lowest BCUT2D eigenvalue weighted by atomic mass is 9.68. The molecule has 0 bridgehead atoms. The smallest absolute Gasteiger partial charge is 0.309 e. The lowest BCUT2D eigenvalue weighted by Crippen LogP contribution is -2.47. The third kappa shape index (κ3) is 6.93. The first-order valence-corrected chi connectivity index (χ1v) is 7.44. The lowest BCUT2D eigenvalue weighted by Gasteiger charge is -2.43. The first-order valence-electron chi connectivity index (χ1n) is 7.44. The van der Waals surface area contributed by atoms with Gasteiger partial charge in [0.1, 0.15) is 11.2 Å². The van der Waals surface area contributed by atoms with Crippen molar-refractivity contribution in [1.29, 1.82) is 0 Å². The summed E-state index contributed by atoms with van der Waals surface area (Å²) in [6.07, 6.45) is 1.14. The van der Waals surface area contributed by atoms with E-state index in [-0.39, 0.29) is 24.7 Å². The van der Waals surface area contributed by atoms with Gasteiger partial charge in [-0.2, -0.15) is 0 Å². The van der Waals surface area contributed by atoms with Gasteiger partial charge in [-0.3, -0.25) is 9.59 Å². The summed E-state index contributed by atoms with van der Waals surface area (Å²) < 4.78 is 10.4. The van der Waals surface area contributed by atoms with E-state index in [1.807, 2.05) is 20.8 Å². The molecule has 21 heavy (non-hydrogen) atoms. The molecule has 0 aromatic heterocycles.